The molecule has 12 rings (SSSR count). The molecule has 0 amide bonds. The fraction of sp³-hybridized carbons (Fsp3) is 0.0714. The molecule has 0 aliphatic rings. The van der Waals surface area contributed by atoms with Crippen LogP contribution >= 0.6 is 0 Å². The van der Waals surface area contributed by atoms with Crippen molar-refractivity contribution in [3.63, 3.8) is 0 Å². The van der Waals surface area contributed by atoms with E-state index in [2.05, 4.69) is 205 Å². The lowest BCUT2D eigenvalue weighted by Gasteiger charge is -2.19. The topological polar surface area (TPSA) is 9.86 Å². The maximum Gasteiger partial charge on any atom is 0.0571 e. The summed E-state index contributed by atoms with van der Waals surface area (Å²) in [5.74, 6) is 0. The third-order valence-electron chi connectivity index (χ3n) is 12.8. The number of nitrogens with zero attached hydrogens (tertiary/aromatic N) is 2. The lowest BCUT2D eigenvalue weighted by atomic mass is 9.85. The van der Waals surface area contributed by atoms with Crippen molar-refractivity contribution in [2.24, 2.45) is 0 Å². The smallest absolute Gasteiger partial charge is 0.0571 e. The van der Waals surface area contributed by atoms with E-state index in [1.54, 1.807) is 0 Å². The molecule has 2 heteroatoms. The fourth-order valence-corrected chi connectivity index (χ4v) is 10.4. The Bertz CT molecular complexity index is 3470. The van der Waals surface area contributed by atoms with Gasteiger partial charge in [0.2, 0.25) is 0 Å². The molecule has 0 aliphatic carbocycles. The van der Waals surface area contributed by atoms with Crippen LogP contribution in [-0.4, -0.2) is 9.13 Å². The van der Waals surface area contributed by atoms with Gasteiger partial charge >= 0.3 is 0 Å². The van der Waals surface area contributed by atoms with E-state index < -0.39 is 0 Å². The van der Waals surface area contributed by atoms with Crippen LogP contribution in [0.4, 0.5) is 0 Å². The Morgan fingerprint density at radius 2 is 0.741 bits per heavy atom. The average molecular weight is 741 g/mol. The van der Waals surface area contributed by atoms with Crippen LogP contribution in [0.25, 0.3) is 120 Å². The Hall–Kier alpha value is -7.16. The Labute approximate surface area is 336 Å². The number of hydrogen-bond donors (Lipinski definition) is 0. The largest absolute Gasteiger partial charge is 0.340 e. The molecule has 0 fully saturated rings. The summed E-state index contributed by atoms with van der Waals surface area (Å²) in [7, 11) is 0. The second-order valence-electron chi connectivity index (χ2n) is 15.7. The van der Waals surface area contributed by atoms with Crippen LogP contribution in [-0.2, 0) is 13.1 Å². The minimum Gasteiger partial charge on any atom is -0.340 e. The molecule has 2 aromatic heterocycles. The van der Waals surface area contributed by atoms with E-state index in [4.69, 9.17) is 0 Å². The van der Waals surface area contributed by atoms with Crippen LogP contribution < -0.4 is 0 Å². The van der Waals surface area contributed by atoms with E-state index in [1.807, 2.05) is 0 Å². The molecule has 12 aromatic rings. The molecule has 0 atom stereocenters. The molecule has 0 bridgehead atoms. The van der Waals surface area contributed by atoms with Gasteiger partial charge in [-0.05, 0) is 116 Å². The highest BCUT2D eigenvalue weighted by atomic mass is 15.0. The van der Waals surface area contributed by atoms with Gasteiger partial charge in [0, 0.05) is 56.8 Å². The Morgan fingerprint density at radius 3 is 1.28 bits per heavy atom. The van der Waals surface area contributed by atoms with Crippen molar-refractivity contribution < 1.29 is 0 Å². The number of benzene rings is 10. The van der Waals surface area contributed by atoms with E-state index >= 15 is 0 Å². The van der Waals surface area contributed by atoms with Crippen molar-refractivity contribution in [2.75, 3.05) is 0 Å². The van der Waals surface area contributed by atoms with Crippen LogP contribution in [0.2, 0.25) is 0 Å². The molecule has 2 heterocycles. The van der Waals surface area contributed by atoms with Crippen molar-refractivity contribution in [3.8, 4) is 33.4 Å². The molecule has 0 spiro atoms. The lowest BCUT2D eigenvalue weighted by molar-refractivity contribution is 0.828. The van der Waals surface area contributed by atoms with Gasteiger partial charge in [-0.3, -0.25) is 0 Å². The molecule has 10 aromatic carbocycles. The summed E-state index contributed by atoms with van der Waals surface area (Å²) < 4.78 is 5.01. The van der Waals surface area contributed by atoms with Crippen molar-refractivity contribution in [2.45, 2.75) is 26.9 Å². The molecular weight excluding hydrogens is 701 g/mol. The first-order chi connectivity index (χ1) is 28.7. The zero-order valence-electron chi connectivity index (χ0n) is 32.6. The molecule has 58 heavy (non-hydrogen) atoms. The maximum absolute atomic E-state index is 2.50. The van der Waals surface area contributed by atoms with Crippen LogP contribution in [0.1, 0.15) is 13.8 Å². The lowest BCUT2D eigenvalue weighted by Crippen LogP contribution is -1.97. The van der Waals surface area contributed by atoms with Gasteiger partial charge in [-0.1, -0.05) is 146 Å². The summed E-state index contributed by atoms with van der Waals surface area (Å²) in [6.07, 6.45) is 0. The van der Waals surface area contributed by atoms with Gasteiger partial charge in [0.05, 0.1) is 11.0 Å². The summed E-state index contributed by atoms with van der Waals surface area (Å²) in [6.45, 7) is 6.32. The second kappa shape index (κ2) is 12.7. The van der Waals surface area contributed by atoms with Crippen molar-refractivity contribution in [3.05, 3.63) is 182 Å². The minimum absolute atomic E-state index is 0.894. The van der Waals surface area contributed by atoms with E-state index in [0.717, 1.165) is 13.1 Å². The summed E-state index contributed by atoms with van der Waals surface area (Å²) in [5.41, 5.74) is 12.7. The maximum atomic E-state index is 2.50. The fourth-order valence-electron chi connectivity index (χ4n) is 10.4. The predicted molar refractivity (Wildman–Crippen MR) is 250 cm³/mol. The quantitative estimate of drug-likeness (QED) is 0.156. The number of fused-ring (bicyclic) bond motifs is 10. The Morgan fingerprint density at radius 1 is 0.310 bits per heavy atom. The van der Waals surface area contributed by atoms with Gasteiger partial charge in [0.15, 0.2) is 0 Å². The molecule has 0 saturated carbocycles. The number of hydrogen-bond acceptors (Lipinski definition) is 0. The summed E-state index contributed by atoms with van der Waals surface area (Å²) in [6, 6.07) is 68.3. The SMILES string of the molecule is CCn1c2ccccc2c2cccc(-c3cccc4c(-c5ccc6cc7ccccc7cc6c5)c5cccc(-c6cccc7c8ccccc8n(CC)c67)c5cc34)c21. The van der Waals surface area contributed by atoms with Crippen LogP contribution in [0, 0.1) is 0 Å². The van der Waals surface area contributed by atoms with Gasteiger partial charge < -0.3 is 9.13 Å². The van der Waals surface area contributed by atoms with Crippen LogP contribution in [0.5, 0.6) is 0 Å². The van der Waals surface area contributed by atoms with Gasteiger partial charge in [0.1, 0.15) is 0 Å². The molecule has 0 radical (unpaired) electrons. The second-order valence-corrected chi connectivity index (χ2v) is 15.7. The van der Waals surface area contributed by atoms with Gasteiger partial charge in [-0.25, -0.2) is 0 Å². The van der Waals surface area contributed by atoms with Gasteiger partial charge in [0.25, 0.3) is 0 Å². The monoisotopic (exact) mass is 740 g/mol. The van der Waals surface area contributed by atoms with E-state index in [1.165, 1.54) is 120 Å². The van der Waals surface area contributed by atoms with E-state index in [9.17, 15) is 0 Å². The summed E-state index contributed by atoms with van der Waals surface area (Å²) in [4.78, 5) is 0. The van der Waals surface area contributed by atoms with Crippen LogP contribution in [0.15, 0.2) is 182 Å². The highest BCUT2D eigenvalue weighted by Gasteiger charge is 2.21. The molecule has 2 nitrogen and oxygen atoms in total. The number of aromatic nitrogens is 2. The van der Waals surface area contributed by atoms with Crippen molar-refractivity contribution in [1.29, 1.82) is 0 Å². The summed E-state index contributed by atoms with van der Waals surface area (Å²) >= 11 is 0. The van der Waals surface area contributed by atoms with Crippen LogP contribution in [0.3, 0.4) is 0 Å². The van der Waals surface area contributed by atoms with Gasteiger partial charge in [-0.15, -0.1) is 0 Å². The molecule has 0 aliphatic heterocycles. The van der Waals surface area contributed by atoms with E-state index in [0.29, 0.717) is 0 Å². The first-order valence-electron chi connectivity index (χ1n) is 20.6. The first kappa shape index (κ1) is 33.0. The zero-order chi connectivity index (χ0) is 38.5. The van der Waals surface area contributed by atoms with E-state index in [-0.39, 0.29) is 0 Å². The molecule has 274 valence electrons. The highest BCUT2D eigenvalue weighted by Crippen LogP contribution is 2.47. The van der Waals surface area contributed by atoms with Crippen molar-refractivity contribution in [1.82, 2.24) is 9.13 Å². The molecule has 0 saturated heterocycles. The molecule has 0 unspecified atom stereocenters. The highest BCUT2D eigenvalue weighted by molar-refractivity contribution is 6.23. The average Bonchev–Trinajstić information content (AvgIpc) is 3.79. The molecular formula is C56H40N2. The first-order valence-corrected chi connectivity index (χ1v) is 20.6. The standard InChI is InChI=1S/C56H40N2/c1-3-57-52-27-9-7-17-42(52)48-25-13-23-46(55(48)57)40-19-11-21-44-50(40)34-51-41(47-24-14-26-49-43-18-8-10-28-53(43)58(4-2)56(47)49)20-12-22-45(51)54(44)38-30-29-37-31-35-15-5-6-16-36(35)32-39(37)33-38/h5-34H,3-4H2,1-2H3. The van der Waals surface area contributed by atoms with Gasteiger partial charge in [-0.2, -0.15) is 0 Å². The Balaban J connectivity index is 1.22. The number of para-hydroxylation sites is 4. The third kappa shape index (κ3) is 4.66. The zero-order valence-corrected chi connectivity index (χ0v) is 32.6. The third-order valence-corrected chi connectivity index (χ3v) is 12.8. The predicted octanol–water partition coefficient (Wildman–Crippen LogP) is 15.6. The summed E-state index contributed by atoms with van der Waals surface area (Å²) in [5, 5.41) is 15.3. The van der Waals surface area contributed by atoms with Crippen molar-refractivity contribution >= 4 is 86.7 Å². The minimum atomic E-state index is 0.894. The number of rotatable bonds is 5. The Kier molecular flexibility index (Phi) is 7.22. The molecule has 0 N–H and O–H groups in total. The number of aryl methyl sites for hydroxylation is 2. The normalized spacial score (nSPS) is 12.1.